The molecule has 2 heterocycles. The minimum atomic E-state index is 0.0723. The molecule has 0 N–H and O–H groups in total. The van der Waals surface area contributed by atoms with E-state index in [1.807, 2.05) is 23.1 Å². The molecule has 0 bridgehead atoms. The molecule has 138 valence electrons. The number of nitrogens with zero attached hydrogens (tertiary/aromatic N) is 2. The lowest BCUT2D eigenvalue weighted by Crippen LogP contribution is -2.47. The normalized spacial score (nSPS) is 20.2. The van der Waals surface area contributed by atoms with Crippen molar-refractivity contribution < 1.29 is 4.79 Å². The maximum absolute atomic E-state index is 13.0. The topological polar surface area (TPSA) is 33.2 Å². The van der Waals surface area contributed by atoms with Gasteiger partial charge in [0.25, 0.3) is 5.91 Å². The molecule has 0 aliphatic carbocycles. The zero-order chi connectivity index (χ0) is 18.7. The van der Waals surface area contributed by atoms with Crippen LogP contribution in [-0.2, 0) is 5.75 Å². The van der Waals surface area contributed by atoms with Gasteiger partial charge in [-0.15, -0.1) is 11.8 Å². The number of rotatable bonds is 4. The molecule has 1 amide bonds. The van der Waals surface area contributed by atoms with E-state index < -0.39 is 0 Å². The number of benzene rings is 1. The zero-order valence-electron chi connectivity index (χ0n) is 16.2. The summed E-state index contributed by atoms with van der Waals surface area (Å²) in [4.78, 5) is 21.0. The number of carbonyl (C=O) groups excluding carboxylic acids is 1. The molecule has 2 aromatic rings. The second-order valence-corrected chi connectivity index (χ2v) is 8.43. The number of carbonyl (C=O) groups is 1. The van der Waals surface area contributed by atoms with Crippen LogP contribution in [0.1, 0.15) is 60.4 Å². The van der Waals surface area contributed by atoms with E-state index in [2.05, 4.69) is 50.9 Å². The number of amides is 1. The van der Waals surface area contributed by atoms with Gasteiger partial charge in [0.05, 0.1) is 5.69 Å². The van der Waals surface area contributed by atoms with Crippen LogP contribution in [-0.4, -0.2) is 27.9 Å². The second-order valence-electron chi connectivity index (χ2n) is 7.41. The molecule has 0 saturated carbocycles. The molecule has 0 radical (unpaired) electrons. The first-order valence-electron chi connectivity index (χ1n) is 9.44. The number of aromatic nitrogens is 1. The summed E-state index contributed by atoms with van der Waals surface area (Å²) < 4.78 is 0. The van der Waals surface area contributed by atoms with Crippen LogP contribution in [0.25, 0.3) is 0 Å². The van der Waals surface area contributed by atoms with Crippen LogP contribution in [0.2, 0.25) is 0 Å². The maximum Gasteiger partial charge on any atom is 0.272 e. The van der Waals surface area contributed by atoms with Gasteiger partial charge in [0, 0.05) is 22.7 Å². The van der Waals surface area contributed by atoms with E-state index in [1.165, 1.54) is 22.4 Å². The molecule has 1 aromatic carbocycles. The highest BCUT2D eigenvalue weighted by molar-refractivity contribution is 7.98. The molecule has 1 aliphatic rings. The van der Waals surface area contributed by atoms with Gasteiger partial charge in [0.2, 0.25) is 0 Å². The number of aryl methyl sites for hydroxylation is 2. The van der Waals surface area contributed by atoms with E-state index in [0.717, 1.165) is 24.3 Å². The predicted molar refractivity (Wildman–Crippen MR) is 109 cm³/mol. The van der Waals surface area contributed by atoms with Crippen LogP contribution in [0, 0.1) is 13.8 Å². The molecule has 26 heavy (non-hydrogen) atoms. The first-order valence-corrected chi connectivity index (χ1v) is 10.4. The zero-order valence-corrected chi connectivity index (χ0v) is 17.0. The summed E-state index contributed by atoms with van der Waals surface area (Å²) in [5, 5.41) is 0. The summed E-state index contributed by atoms with van der Waals surface area (Å²) in [5.41, 5.74) is 4.10. The number of piperidine rings is 1. The standard InChI is InChI=1S/C22H28N2OS/c1-15-11-12-21(16(2)13-15)26-14-19-9-6-10-20(23-19)22(25)24-17(3)7-5-8-18(24)4/h6,9-13,17-18H,5,7-8,14H2,1-4H3. The molecule has 3 nitrogen and oxygen atoms in total. The smallest absolute Gasteiger partial charge is 0.272 e. The molecule has 4 heteroatoms. The Morgan fingerprint density at radius 2 is 1.88 bits per heavy atom. The van der Waals surface area contributed by atoms with Gasteiger partial charge in [-0.1, -0.05) is 23.8 Å². The molecule has 2 atom stereocenters. The van der Waals surface area contributed by atoms with E-state index in [9.17, 15) is 4.79 Å². The summed E-state index contributed by atoms with van der Waals surface area (Å²) >= 11 is 1.78. The quantitative estimate of drug-likeness (QED) is 0.678. The van der Waals surface area contributed by atoms with E-state index in [1.54, 1.807) is 11.8 Å². The third-order valence-corrected chi connectivity index (χ3v) is 6.37. The number of likely N-dealkylation sites (tertiary alicyclic amines) is 1. The number of thioether (sulfide) groups is 1. The highest BCUT2D eigenvalue weighted by Crippen LogP contribution is 2.27. The Bertz CT molecular complexity index is 779. The van der Waals surface area contributed by atoms with Crippen molar-refractivity contribution in [1.29, 1.82) is 0 Å². The summed E-state index contributed by atoms with van der Waals surface area (Å²) in [6.45, 7) is 8.55. The highest BCUT2D eigenvalue weighted by atomic mass is 32.2. The van der Waals surface area contributed by atoms with Crippen LogP contribution in [0.4, 0.5) is 0 Å². The van der Waals surface area contributed by atoms with Crippen molar-refractivity contribution >= 4 is 17.7 Å². The fourth-order valence-corrected chi connectivity index (χ4v) is 4.66. The maximum atomic E-state index is 13.0. The van der Waals surface area contributed by atoms with Gasteiger partial charge >= 0.3 is 0 Å². The van der Waals surface area contributed by atoms with Crippen LogP contribution in [0.5, 0.6) is 0 Å². The van der Waals surface area contributed by atoms with Crippen molar-refractivity contribution in [1.82, 2.24) is 9.88 Å². The van der Waals surface area contributed by atoms with Gasteiger partial charge in [-0.2, -0.15) is 0 Å². The van der Waals surface area contributed by atoms with E-state index in [-0.39, 0.29) is 5.91 Å². The third kappa shape index (κ3) is 4.29. The SMILES string of the molecule is Cc1ccc(SCc2cccc(C(=O)N3C(C)CCCC3C)n2)c(C)c1. The Labute approximate surface area is 161 Å². The molecule has 0 spiro atoms. The third-order valence-electron chi connectivity index (χ3n) is 5.16. The first-order chi connectivity index (χ1) is 12.5. The second kappa shape index (κ2) is 8.26. The predicted octanol–water partition coefficient (Wildman–Crippen LogP) is 5.39. The number of hydrogen-bond acceptors (Lipinski definition) is 3. The van der Waals surface area contributed by atoms with E-state index in [4.69, 9.17) is 0 Å². The molecular weight excluding hydrogens is 340 g/mol. The van der Waals surface area contributed by atoms with Crippen LogP contribution in [0.15, 0.2) is 41.3 Å². The Balaban J connectivity index is 1.72. The summed E-state index contributed by atoms with van der Waals surface area (Å²) in [5.74, 6) is 0.846. The fraction of sp³-hybridized carbons (Fsp3) is 0.455. The van der Waals surface area contributed by atoms with Gasteiger partial charge in [0.15, 0.2) is 0 Å². The molecular formula is C22H28N2OS. The van der Waals surface area contributed by atoms with E-state index in [0.29, 0.717) is 17.8 Å². The van der Waals surface area contributed by atoms with Crippen molar-refractivity contribution in [2.75, 3.05) is 0 Å². The van der Waals surface area contributed by atoms with Crippen LogP contribution < -0.4 is 0 Å². The summed E-state index contributed by atoms with van der Waals surface area (Å²) in [6, 6.07) is 12.9. The lowest BCUT2D eigenvalue weighted by molar-refractivity contribution is 0.0504. The lowest BCUT2D eigenvalue weighted by atomic mass is 9.97. The fourth-order valence-electron chi connectivity index (χ4n) is 3.75. The Hall–Kier alpha value is -1.81. The van der Waals surface area contributed by atoms with Gasteiger partial charge < -0.3 is 4.90 Å². The van der Waals surface area contributed by atoms with Crippen molar-refractivity contribution in [3.8, 4) is 0 Å². The molecule has 3 rings (SSSR count). The first kappa shape index (κ1) is 19.0. The molecule has 1 saturated heterocycles. The van der Waals surface area contributed by atoms with E-state index >= 15 is 0 Å². The molecule has 1 aromatic heterocycles. The Kier molecular flexibility index (Phi) is 6.02. The van der Waals surface area contributed by atoms with Gasteiger partial charge in [0.1, 0.15) is 5.69 Å². The largest absolute Gasteiger partial charge is 0.332 e. The van der Waals surface area contributed by atoms with Crippen molar-refractivity contribution in [2.45, 2.75) is 69.7 Å². The summed E-state index contributed by atoms with van der Waals surface area (Å²) in [7, 11) is 0. The van der Waals surface area contributed by atoms with Gasteiger partial charge in [-0.05, 0) is 70.7 Å². The average molecular weight is 369 g/mol. The van der Waals surface area contributed by atoms with Crippen molar-refractivity contribution in [3.05, 3.63) is 58.9 Å². The monoisotopic (exact) mass is 368 g/mol. The average Bonchev–Trinajstić information content (AvgIpc) is 2.61. The molecule has 1 aliphatic heterocycles. The number of hydrogen-bond donors (Lipinski definition) is 0. The highest BCUT2D eigenvalue weighted by Gasteiger charge is 2.30. The van der Waals surface area contributed by atoms with Gasteiger partial charge in [-0.25, -0.2) is 4.98 Å². The number of pyridine rings is 1. The minimum absolute atomic E-state index is 0.0723. The Morgan fingerprint density at radius 3 is 2.58 bits per heavy atom. The lowest BCUT2D eigenvalue weighted by Gasteiger charge is -2.38. The van der Waals surface area contributed by atoms with Crippen LogP contribution >= 0.6 is 11.8 Å². The minimum Gasteiger partial charge on any atom is -0.332 e. The van der Waals surface area contributed by atoms with Crippen molar-refractivity contribution in [3.63, 3.8) is 0 Å². The Morgan fingerprint density at radius 1 is 1.15 bits per heavy atom. The van der Waals surface area contributed by atoms with Crippen LogP contribution in [0.3, 0.4) is 0 Å². The van der Waals surface area contributed by atoms with Gasteiger partial charge in [-0.3, -0.25) is 4.79 Å². The molecule has 2 unspecified atom stereocenters. The van der Waals surface area contributed by atoms with Crippen molar-refractivity contribution in [2.24, 2.45) is 0 Å². The molecule has 1 fully saturated rings. The summed E-state index contributed by atoms with van der Waals surface area (Å²) in [6.07, 6.45) is 3.36.